The summed E-state index contributed by atoms with van der Waals surface area (Å²) in [4.78, 5) is 43.4. The first-order valence-electron chi connectivity index (χ1n) is 15.1. The molecule has 2 N–H and O–H groups in total. The molecular formula is C32H53N3O6. The second-order valence-electron chi connectivity index (χ2n) is 11.9. The van der Waals surface area contributed by atoms with Gasteiger partial charge in [0, 0.05) is 40.8 Å². The summed E-state index contributed by atoms with van der Waals surface area (Å²) in [6.07, 6.45) is 1.21. The third-order valence-electron chi connectivity index (χ3n) is 8.54. The first-order chi connectivity index (χ1) is 19.5. The van der Waals surface area contributed by atoms with E-state index >= 15 is 0 Å². The van der Waals surface area contributed by atoms with Crippen molar-refractivity contribution < 1.29 is 29.0 Å². The average Bonchev–Trinajstić information content (AvgIpc) is 3.45. The van der Waals surface area contributed by atoms with Gasteiger partial charge in [-0.1, -0.05) is 71.4 Å². The predicted octanol–water partition coefficient (Wildman–Crippen LogP) is 3.80. The van der Waals surface area contributed by atoms with Crippen LogP contribution >= 0.6 is 0 Å². The molecule has 232 valence electrons. The van der Waals surface area contributed by atoms with Gasteiger partial charge in [-0.2, -0.15) is 0 Å². The molecule has 7 atom stereocenters. The Kier molecular flexibility index (Phi) is 14.2. The number of hydrogen-bond donors (Lipinski definition) is 2. The van der Waals surface area contributed by atoms with E-state index in [9.17, 15) is 19.5 Å². The maximum atomic E-state index is 13.7. The molecule has 2 rings (SSSR count). The number of nitrogens with zero attached hydrogens (tertiary/aromatic N) is 2. The lowest BCUT2D eigenvalue weighted by molar-refractivity contribution is -0.146. The van der Waals surface area contributed by atoms with E-state index in [4.69, 9.17) is 9.47 Å². The van der Waals surface area contributed by atoms with Crippen LogP contribution in [0.4, 0.5) is 0 Å². The van der Waals surface area contributed by atoms with Crippen LogP contribution < -0.4 is 5.32 Å². The number of rotatable bonds is 16. The van der Waals surface area contributed by atoms with Gasteiger partial charge >= 0.3 is 0 Å². The minimum Gasteiger partial charge on any atom is -0.387 e. The molecular weight excluding hydrogens is 522 g/mol. The summed E-state index contributed by atoms with van der Waals surface area (Å²) in [6, 6.07) is 8.70. The maximum absolute atomic E-state index is 13.7. The van der Waals surface area contributed by atoms with Gasteiger partial charge in [-0.15, -0.1) is 0 Å². The van der Waals surface area contributed by atoms with Crippen LogP contribution in [0.2, 0.25) is 0 Å². The summed E-state index contributed by atoms with van der Waals surface area (Å²) in [5, 5.41) is 13.3. The smallest absolute Gasteiger partial charge is 0.225 e. The van der Waals surface area contributed by atoms with Crippen molar-refractivity contribution in [1.82, 2.24) is 15.1 Å². The molecule has 9 nitrogen and oxygen atoms in total. The number of likely N-dealkylation sites (tertiary alicyclic amines) is 1. The van der Waals surface area contributed by atoms with Crippen LogP contribution in [0.1, 0.15) is 78.4 Å². The predicted molar refractivity (Wildman–Crippen MR) is 160 cm³/mol. The van der Waals surface area contributed by atoms with E-state index in [1.807, 2.05) is 56.1 Å². The number of aliphatic hydroxyl groups excluding tert-OH is 1. The Balaban J connectivity index is 2.11. The minimum absolute atomic E-state index is 0.0514. The Morgan fingerprint density at radius 1 is 1.07 bits per heavy atom. The summed E-state index contributed by atoms with van der Waals surface area (Å²) in [6.45, 7) is 10.7. The van der Waals surface area contributed by atoms with Crippen molar-refractivity contribution in [2.75, 3.05) is 34.4 Å². The molecule has 1 fully saturated rings. The SMILES string of the molecule is CC[C@H](C)C(C(CC(=O)N1CCC[C@H]1[C@H](OC)[C@@H](C)C(=O)NC[C@@H](O)c1ccccc1)OC)N(C)C(=O)CC(C)C. The lowest BCUT2D eigenvalue weighted by atomic mass is 9.90. The van der Waals surface area contributed by atoms with Gasteiger partial charge in [0.05, 0.1) is 42.7 Å². The first kappa shape index (κ1) is 34.7. The van der Waals surface area contributed by atoms with Crippen molar-refractivity contribution >= 4 is 17.7 Å². The third kappa shape index (κ3) is 9.51. The Morgan fingerprint density at radius 2 is 1.73 bits per heavy atom. The van der Waals surface area contributed by atoms with Crippen molar-refractivity contribution in [2.24, 2.45) is 17.8 Å². The number of ether oxygens (including phenoxy) is 2. The van der Waals surface area contributed by atoms with E-state index in [0.717, 1.165) is 24.8 Å². The molecule has 9 heteroatoms. The van der Waals surface area contributed by atoms with E-state index in [1.165, 1.54) is 0 Å². The van der Waals surface area contributed by atoms with Crippen LogP contribution in [0.5, 0.6) is 0 Å². The van der Waals surface area contributed by atoms with Gasteiger partial charge in [-0.05, 0) is 30.2 Å². The molecule has 1 saturated heterocycles. The van der Waals surface area contributed by atoms with Crippen LogP contribution in [0, 0.1) is 17.8 Å². The van der Waals surface area contributed by atoms with Crippen molar-refractivity contribution in [3.63, 3.8) is 0 Å². The summed E-state index contributed by atoms with van der Waals surface area (Å²) >= 11 is 0. The molecule has 0 saturated carbocycles. The van der Waals surface area contributed by atoms with E-state index in [0.29, 0.717) is 13.0 Å². The van der Waals surface area contributed by atoms with Gasteiger partial charge in [0.1, 0.15) is 0 Å². The lowest BCUT2D eigenvalue weighted by Crippen LogP contribution is -2.53. The second-order valence-corrected chi connectivity index (χ2v) is 11.9. The average molecular weight is 576 g/mol. The molecule has 1 aromatic carbocycles. The summed E-state index contributed by atoms with van der Waals surface area (Å²) in [5.74, 6) is -0.399. The fourth-order valence-electron chi connectivity index (χ4n) is 5.97. The second kappa shape index (κ2) is 16.8. The van der Waals surface area contributed by atoms with Gasteiger partial charge in [0.2, 0.25) is 17.7 Å². The summed E-state index contributed by atoms with van der Waals surface area (Å²) in [5.41, 5.74) is 0.733. The topological polar surface area (TPSA) is 108 Å². The van der Waals surface area contributed by atoms with Crippen LogP contribution in [0.15, 0.2) is 30.3 Å². The normalized spacial score (nSPS) is 19.8. The first-order valence-corrected chi connectivity index (χ1v) is 15.1. The molecule has 41 heavy (non-hydrogen) atoms. The quantitative estimate of drug-likeness (QED) is 0.310. The Bertz CT molecular complexity index is 958. The molecule has 3 amide bonds. The monoisotopic (exact) mass is 575 g/mol. The zero-order valence-electron chi connectivity index (χ0n) is 26.3. The number of carbonyl (C=O) groups excluding carboxylic acids is 3. The number of amides is 3. The summed E-state index contributed by atoms with van der Waals surface area (Å²) < 4.78 is 11.7. The highest BCUT2D eigenvalue weighted by molar-refractivity contribution is 5.80. The van der Waals surface area contributed by atoms with Crippen molar-refractivity contribution in [3.05, 3.63) is 35.9 Å². The maximum Gasteiger partial charge on any atom is 0.225 e. The van der Waals surface area contributed by atoms with E-state index in [-0.39, 0.29) is 54.6 Å². The van der Waals surface area contributed by atoms with Gasteiger partial charge in [-0.3, -0.25) is 14.4 Å². The highest BCUT2D eigenvalue weighted by Crippen LogP contribution is 2.29. The van der Waals surface area contributed by atoms with Crippen LogP contribution in [0.3, 0.4) is 0 Å². The Morgan fingerprint density at radius 3 is 2.29 bits per heavy atom. The number of aliphatic hydroxyl groups is 1. The van der Waals surface area contributed by atoms with Crippen molar-refractivity contribution in [2.45, 2.75) is 97.1 Å². The van der Waals surface area contributed by atoms with Crippen LogP contribution in [-0.4, -0.2) is 91.3 Å². The standard InChI is InChI=1S/C32H53N3O6/c1-9-22(4)30(34(6)28(37)18-21(2)3)27(40-7)19-29(38)35-17-13-16-25(35)31(41-8)23(5)32(39)33-20-26(36)24-14-11-10-12-15-24/h10-12,14-15,21-23,25-27,30-31,36H,9,13,16-20H2,1-8H3,(H,33,39)/t22-,23+,25-,26+,27?,30?,31+/m0/s1. The van der Waals surface area contributed by atoms with Gasteiger partial charge in [0.15, 0.2) is 0 Å². The largest absolute Gasteiger partial charge is 0.387 e. The number of carbonyl (C=O) groups is 3. The highest BCUT2D eigenvalue weighted by Gasteiger charge is 2.42. The Labute approximate surface area is 246 Å². The molecule has 1 aliphatic heterocycles. The van der Waals surface area contributed by atoms with Crippen LogP contribution in [0.25, 0.3) is 0 Å². The fourth-order valence-corrected chi connectivity index (χ4v) is 5.97. The van der Waals surface area contributed by atoms with Crippen molar-refractivity contribution in [1.29, 1.82) is 0 Å². The molecule has 2 unspecified atom stereocenters. The Hall–Kier alpha value is -2.49. The van der Waals surface area contributed by atoms with Gasteiger partial charge < -0.3 is 29.7 Å². The highest BCUT2D eigenvalue weighted by atomic mass is 16.5. The van der Waals surface area contributed by atoms with Gasteiger partial charge in [0.25, 0.3) is 0 Å². The van der Waals surface area contributed by atoms with E-state index in [1.54, 1.807) is 26.0 Å². The molecule has 0 aromatic heterocycles. The number of benzene rings is 1. The molecule has 1 aliphatic rings. The molecule has 0 bridgehead atoms. The summed E-state index contributed by atoms with van der Waals surface area (Å²) in [7, 11) is 4.98. The van der Waals surface area contributed by atoms with E-state index in [2.05, 4.69) is 19.2 Å². The molecule has 1 aromatic rings. The number of likely N-dealkylation sites (N-methyl/N-ethyl adjacent to an activating group) is 1. The van der Waals surface area contributed by atoms with Gasteiger partial charge in [-0.25, -0.2) is 0 Å². The van der Waals surface area contributed by atoms with E-state index < -0.39 is 24.2 Å². The lowest BCUT2D eigenvalue weighted by Gasteiger charge is -2.39. The van der Waals surface area contributed by atoms with Crippen molar-refractivity contribution in [3.8, 4) is 0 Å². The minimum atomic E-state index is -0.812. The third-order valence-corrected chi connectivity index (χ3v) is 8.54. The number of nitrogens with one attached hydrogen (secondary N) is 1. The van der Waals surface area contributed by atoms with Crippen LogP contribution in [-0.2, 0) is 23.9 Å². The molecule has 0 radical (unpaired) electrons. The zero-order valence-corrected chi connectivity index (χ0v) is 26.3. The zero-order chi connectivity index (χ0) is 30.7. The number of hydrogen-bond acceptors (Lipinski definition) is 6. The molecule has 0 aliphatic carbocycles. The molecule has 1 heterocycles. The fraction of sp³-hybridized carbons (Fsp3) is 0.719. The number of methoxy groups -OCH3 is 2. The molecule has 0 spiro atoms.